The quantitative estimate of drug-likeness (QED) is 0.736. The Morgan fingerprint density at radius 2 is 1.38 bits per heavy atom. The zero-order chi connectivity index (χ0) is 15.6. The van der Waals surface area contributed by atoms with Crippen molar-refractivity contribution in [1.29, 1.82) is 0 Å². The molecule has 0 spiro atoms. The van der Waals surface area contributed by atoms with E-state index in [1.807, 2.05) is 0 Å². The standard InChI is InChI=1S/C17H16O4/c1-4-11-6-10(3)16(19)14(8-11)21-15-9-12(5-2)7-13(18)17(15)20/h4-9,18-20H,1-2H2,3H3. The maximum atomic E-state index is 10.0. The molecule has 0 aliphatic rings. The number of phenolic OH excluding ortho intramolecular Hbond substituents is 3. The summed E-state index contributed by atoms with van der Waals surface area (Å²) in [7, 11) is 0. The van der Waals surface area contributed by atoms with Crippen molar-refractivity contribution in [1.82, 2.24) is 0 Å². The predicted molar refractivity (Wildman–Crippen MR) is 82.9 cm³/mol. The van der Waals surface area contributed by atoms with Crippen LogP contribution in [-0.4, -0.2) is 15.3 Å². The summed E-state index contributed by atoms with van der Waals surface area (Å²) in [6.07, 6.45) is 3.13. The van der Waals surface area contributed by atoms with Crippen molar-refractivity contribution in [2.75, 3.05) is 0 Å². The van der Waals surface area contributed by atoms with Gasteiger partial charge in [0, 0.05) is 0 Å². The monoisotopic (exact) mass is 284 g/mol. The molecule has 0 bridgehead atoms. The van der Waals surface area contributed by atoms with E-state index in [9.17, 15) is 15.3 Å². The molecule has 0 saturated heterocycles. The first-order valence-corrected chi connectivity index (χ1v) is 6.28. The second-order valence-electron chi connectivity index (χ2n) is 4.58. The first-order chi connectivity index (χ1) is 9.96. The van der Waals surface area contributed by atoms with Gasteiger partial charge in [-0.2, -0.15) is 0 Å². The molecule has 0 radical (unpaired) electrons. The molecule has 2 aromatic carbocycles. The van der Waals surface area contributed by atoms with Crippen LogP contribution in [0.4, 0.5) is 0 Å². The SMILES string of the molecule is C=Cc1cc(C)c(O)c(Oc2cc(C=C)cc(O)c2O)c1. The molecule has 0 fully saturated rings. The third-order valence-electron chi connectivity index (χ3n) is 3.06. The number of hydrogen-bond donors (Lipinski definition) is 3. The molecular weight excluding hydrogens is 268 g/mol. The number of hydrogen-bond acceptors (Lipinski definition) is 4. The van der Waals surface area contributed by atoms with E-state index in [-0.39, 0.29) is 23.0 Å². The molecule has 108 valence electrons. The zero-order valence-electron chi connectivity index (χ0n) is 11.6. The van der Waals surface area contributed by atoms with E-state index in [1.54, 1.807) is 25.1 Å². The summed E-state index contributed by atoms with van der Waals surface area (Å²) in [6, 6.07) is 6.22. The number of aryl methyl sites for hydroxylation is 1. The van der Waals surface area contributed by atoms with E-state index < -0.39 is 5.75 Å². The molecule has 0 amide bonds. The number of phenols is 3. The Balaban J connectivity index is 2.52. The van der Waals surface area contributed by atoms with Crippen LogP contribution in [0.25, 0.3) is 12.2 Å². The maximum Gasteiger partial charge on any atom is 0.201 e. The lowest BCUT2D eigenvalue weighted by Gasteiger charge is -2.13. The number of rotatable bonds is 4. The molecule has 2 aromatic rings. The minimum absolute atomic E-state index is 0.0285. The van der Waals surface area contributed by atoms with Crippen LogP contribution in [0.5, 0.6) is 28.7 Å². The average Bonchev–Trinajstić information content (AvgIpc) is 2.47. The van der Waals surface area contributed by atoms with Crippen molar-refractivity contribution in [2.24, 2.45) is 0 Å². The molecule has 4 nitrogen and oxygen atoms in total. The molecular formula is C17H16O4. The van der Waals surface area contributed by atoms with Gasteiger partial charge in [0.05, 0.1) is 0 Å². The Hall–Kier alpha value is -2.88. The normalized spacial score (nSPS) is 10.1. The van der Waals surface area contributed by atoms with Crippen molar-refractivity contribution in [2.45, 2.75) is 6.92 Å². The van der Waals surface area contributed by atoms with Gasteiger partial charge in [0.1, 0.15) is 0 Å². The molecule has 0 aromatic heterocycles. The second kappa shape index (κ2) is 5.63. The molecule has 0 unspecified atom stereocenters. The predicted octanol–water partition coefficient (Wildman–Crippen LogP) is 4.19. The summed E-state index contributed by atoms with van der Waals surface area (Å²) in [5, 5.41) is 29.6. The summed E-state index contributed by atoms with van der Waals surface area (Å²) in [4.78, 5) is 0. The molecule has 2 rings (SSSR count). The summed E-state index contributed by atoms with van der Waals surface area (Å²) in [5.41, 5.74) is 1.96. The fraction of sp³-hybridized carbons (Fsp3) is 0.0588. The number of benzene rings is 2. The highest BCUT2D eigenvalue weighted by Crippen LogP contribution is 2.42. The fourth-order valence-electron chi connectivity index (χ4n) is 1.90. The molecule has 3 N–H and O–H groups in total. The van der Waals surface area contributed by atoms with Crippen molar-refractivity contribution < 1.29 is 20.1 Å². The lowest BCUT2D eigenvalue weighted by Crippen LogP contribution is -1.90. The highest BCUT2D eigenvalue weighted by molar-refractivity contribution is 5.63. The van der Waals surface area contributed by atoms with Gasteiger partial charge in [-0.1, -0.05) is 25.3 Å². The Kier molecular flexibility index (Phi) is 3.89. The van der Waals surface area contributed by atoms with Crippen molar-refractivity contribution in [3.63, 3.8) is 0 Å². The van der Waals surface area contributed by atoms with Crippen LogP contribution < -0.4 is 4.74 Å². The van der Waals surface area contributed by atoms with Crippen molar-refractivity contribution >= 4 is 12.2 Å². The van der Waals surface area contributed by atoms with E-state index in [2.05, 4.69) is 13.2 Å². The van der Waals surface area contributed by atoms with Gasteiger partial charge >= 0.3 is 0 Å². The third-order valence-corrected chi connectivity index (χ3v) is 3.06. The van der Waals surface area contributed by atoms with Crippen LogP contribution in [0, 0.1) is 6.92 Å². The second-order valence-corrected chi connectivity index (χ2v) is 4.58. The smallest absolute Gasteiger partial charge is 0.201 e. The first kappa shape index (κ1) is 14.5. The molecule has 21 heavy (non-hydrogen) atoms. The van der Waals surface area contributed by atoms with Gasteiger partial charge in [-0.25, -0.2) is 0 Å². The van der Waals surface area contributed by atoms with Crippen LogP contribution in [0.2, 0.25) is 0 Å². The summed E-state index contributed by atoms with van der Waals surface area (Å²) in [5.74, 6) is -0.565. The van der Waals surface area contributed by atoms with Crippen LogP contribution in [0.15, 0.2) is 37.4 Å². The molecule has 0 saturated carbocycles. The van der Waals surface area contributed by atoms with Crippen LogP contribution >= 0.6 is 0 Å². The van der Waals surface area contributed by atoms with Gasteiger partial charge in [0.25, 0.3) is 0 Å². The summed E-state index contributed by atoms with van der Waals surface area (Å²) < 4.78 is 5.53. The Morgan fingerprint density at radius 1 is 0.857 bits per heavy atom. The lowest BCUT2D eigenvalue weighted by molar-refractivity contribution is 0.361. The number of aromatic hydroxyl groups is 3. The zero-order valence-corrected chi connectivity index (χ0v) is 11.6. The highest BCUT2D eigenvalue weighted by Gasteiger charge is 2.14. The summed E-state index contributed by atoms with van der Waals surface area (Å²) in [6.45, 7) is 9.00. The van der Waals surface area contributed by atoms with E-state index in [0.717, 1.165) is 5.56 Å². The van der Waals surface area contributed by atoms with Crippen LogP contribution in [-0.2, 0) is 0 Å². The Labute approximate surface area is 122 Å². The van der Waals surface area contributed by atoms with E-state index >= 15 is 0 Å². The molecule has 4 heteroatoms. The Morgan fingerprint density at radius 3 is 1.95 bits per heavy atom. The lowest BCUT2D eigenvalue weighted by atomic mass is 10.1. The van der Waals surface area contributed by atoms with Gasteiger partial charge in [0.15, 0.2) is 23.0 Å². The van der Waals surface area contributed by atoms with Crippen molar-refractivity contribution in [3.05, 3.63) is 54.1 Å². The molecule has 0 aliphatic heterocycles. The van der Waals surface area contributed by atoms with Gasteiger partial charge in [-0.05, 0) is 47.9 Å². The molecule has 0 aliphatic carbocycles. The van der Waals surface area contributed by atoms with Gasteiger partial charge in [-0.3, -0.25) is 0 Å². The number of ether oxygens (including phenoxy) is 1. The minimum atomic E-state index is -0.401. The first-order valence-electron chi connectivity index (χ1n) is 6.28. The van der Waals surface area contributed by atoms with E-state index in [4.69, 9.17) is 4.74 Å². The minimum Gasteiger partial charge on any atom is -0.504 e. The highest BCUT2D eigenvalue weighted by atomic mass is 16.5. The molecule has 0 heterocycles. The van der Waals surface area contributed by atoms with Crippen LogP contribution in [0.1, 0.15) is 16.7 Å². The third kappa shape index (κ3) is 2.84. The largest absolute Gasteiger partial charge is 0.504 e. The van der Waals surface area contributed by atoms with Gasteiger partial charge in [-0.15, -0.1) is 0 Å². The topological polar surface area (TPSA) is 69.9 Å². The Bertz CT molecular complexity index is 656. The summed E-state index contributed by atoms with van der Waals surface area (Å²) >= 11 is 0. The van der Waals surface area contributed by atoms with Gasteiger partial charge in [0.2, 0.25) is 5.75 Å². The van der Waals surface area contributed by atoms with Gasteiger partial charge < -0.3 is 20.1 Å². The molecule has 0 atom stereocenters. The van der Waals surface area contributed by atoms with E-state index in [0.29, 0.717) is 11.1 Å². The van der Waals surface area contributed by atoms with Crippen LogP contribution in [0.3, 0.4) is 0 Å². The average molecular weight is 284 g/mol. The maximum absolute atomic E-state index is 10.0. The van der Waals surface area contributed by atoms with E-state index in [1.165, 1.54) is 18.2 Å². The van der Waals surface area contributed by atoms with Crippen molar-refractivity contribution in [3.8, 4) is 28.7 Å². The fourth-order valence-corrected chi connectivity index (χ4v) is 1.90.